The van der Waals surface area contributed by atoms with Crippen LogP contribution in [0.5, 0.6) is 0 Å². The molecule has 1 unspecified atom stereocenters. The van der Waals surface area contributed by atoms with Crippen LogP contribution in [0.4, 0.5) is 5.69 Å². The van der Waals surface area contributed by atoms with Gasteiger partial charge in [-0.3, -0.25) is 14.2 Å². The summed E-state index contributed by atoms with van der Waals surface area (Å²) < 4.78 is 3.22. The lowest BCUT2D eigenvalue weighted by Crippen LogP contribution is -2.36. The van der Waals surface area contributed by atoms with E-state index in [4.69, 9.17) is 0 Å². The molecule has 1 saturated carbocycles. The van der Waals surface area contributed by atoms with Gasteiger partial charge in [0, 0.05) is 31.2 Å². The summed E-state index contributed by atoms with van der Waals surface area (Å²) in [7, 11) is 0. The number of rotatable bonds is 7. The minimum Gasteiger partial charge on any atom is -0.354 e. The topological polar surface area (TPSA) is 89.2 Å². The summed E-state index contributed by atoms with van der Waals surface area (Å²) in [6.07, 6.45) is 2.18. The van der Waals surface area contributed by atoms with E-state index < -0.39 is 5.92 Å². The third-order valence-corrected chi connectivity index (χ3v) is 7.31. The Labute approximate surface area is 195 Å². The van der Waals surface area contributed by atoms with Crippen LogP contribution in [0.3, 0.4) is 0 Å². The average molecular weight is 466 g/mol. The number of carbonyl (C=O) groups is 2. The molecule has 1 aromatic carbocycles. The molecule has 2 aliphatic rings. The molecule has 3 heterocycles. The van der Waals surface area contributed by atoms with Gasteiger partial charge in [0.15, 0.2) is 5.82 Å². The minimum atomic E-state index is -0.401. The zero-order valence-corrected chi connectivity index (χ0v) is 19.6. The first-order valence-corrected chi connectivity index (χ1v) is 12.2. The Balaban J connectivity index is 1.22. The van der Waals surface area contributed by atoms with E-state index in [-0.39, 0.29) is 30.0 Å². The van der Waals surface area contributed by atoms with Crippen LogP contribution in [0.15, 0.2) is 40.5 Å². The SMILES string of the molecule is Cc1ccc(N2CC(C(=O)NCCn3nc(-c4cccs4)n(C4CC4)c3=O)CC2=O)cc1C. The standard InChI is InChI=1S/C24H27N5O3S/c1-15-5-6-19(12-16(15)2)27-14-17(13-21(27)30)23(31)25-9-10-28-24(32)29(18-7-8-18)22(26-28)20-4-3-11-33-20/h3-6,11-12,17-18H,7-10,13-14H2,1-2H3,(H,25,31). The number of thiophene rings is 1. The van der Waals surface area contributed by atoms with Gasteiger partial charge in [0.05, 0.1) is 17.3 Å². The summed E-state index contributed by atoms with van der Waals surface area (Å²) in [5.41, 5.74) is 2.98. The molecular weight excluding hydrogens is 438 g/mol. The Bertz CT molecular complexity index is 1260. The number of carbonyl (C=O) groups excluding carboxylic acids is 2. The molecule has 0 spiro atoms. The highest BCUT2D eigenvalue weighted by Crippen LogP contribution is 2.37. The van der Waals surface area contributed by atoms with Crippen molar-refractivity contribution in [2.45, 2.75) is 45.7 Å². The highest BCUT2D eigenvalue weighted by atomic mass is 32.1. The van der Waals surface area contributed by atoms with Crippen LogP contribution < -0.4 is 15.9 Å². The molecule has 1 N–H and O–H groups in total. The predicted octanol–water partition coefficient (Wildman–Crippen LogP) is 2.89. The van der Waals surface area contributed by atoms with Gasteiger partial charge < -0.3 is 10.2 Å². The Morgan fingerprint density at radius 3 is 2.70 bits per heavy atom. The second kappa shape index (κ2) is 8.62. The molecule has 172 valence electrons. The maximum Gasteiger partial charge on any atom is 0.346 e. The molecule has 0 bridgehead atoms. The van der Waals surface area contributed by atoms with Crippen molar-refractivity contribution in [3.8, 4) is 10.7 Å². The van der Waals surface area contributed by atoms with Crippen molar-refractivity contribution < 1.29 is 9.59 Å². The fraction of sp³-hybridized carbons (Fsp3) is 0.417. The Morgan fingerprint density at radius 2 is 2.00 bits per heavy atom. The number of anilines is 1. The van der Waals surface area contributed by atoms with E-state index in [0.29, 0.717) is 25.5 Å². The van der Waals surface area contributed by atoms with Crippen molar-refractivity contribution in [1.82, 2.24) is 19.7 Å². The fourth-order valence-electron chi connectivity index (χ4n) is 4.26. The molecule has 2 fully saturated rings. The first kappa shape index (κ1) is 21.6. The Kier molecular flexibility index (Phi) is 5.65. The zero-order valence-electron chi connectivity index (χ0n) is 18.8. The lowest BCUT2D eigenvalue weighted by molar-refractivity contribution is -0.126. The third kappa shape index (κ3) is 4.25. The quantitative estimate of drug-likeness (QED) is 0.581. The van der Waals surface area contributed by atoms with E-state index in [9.17, 15) is 14.4 Å². The van der Waals surface area contributed by atoms with Crippen molar-refractivity contribution in [1.29, 1.82) is 0 Å². The molecule has 33 heavy (non-hydrogen) atoms. The van der Waals surface area contributed by atoms with Gasteiger partial charge in [-0.25, -0.2) is 9.48 Å². The van der Waals surface area contributed by atoms with Gasteiger partial charge >= 0.3 is 5.69 Å². The maximum absolute atomic E-state index is 12.9. The van der Waals surface area contributed by atoms with E-state index in [1.54, 1.807) is 20.8 Å². The summed E-state index contributed by atoms with van der Waals surface area (Å²) in [5.74, 6) is 0.0945. The summed E-state index contributed by atoms with van der Waals surface area (Å²) in [6.45, 7) is 5.00. The second-order valence-corrected chi connectivity index (χ2v) is 9.82. The van der Waals surface area contributed by atoms with Crippen LogP contribution in [0.2, 0.25) is 0 Å². The molecule has 1 saturated heterocycles. The van der Waals surface area contributed by atoms with Gasteiger partial charge in [0.2, 0.25) is 11.8 Å². The molecule has 9 heteroatoms. The van der Waals surface area contributed by atoms with Crippen molar-refractivity contribution >= 4 is 28.8 Å². The molecule has 1 atom stereocenters. The number of hydrogen-bond acceptors (Lipinski definition) is 5. The Hall–Kier alpha value is -3.20. The third-order valence-electron chi connectivity index (χ3n) is 6.44. The van der Waals surface area contributed by atoms with Gasteiger partial charge in [-0.1, -0.05) is 12.1 Å². The molecule has 1 aliphatic carbocycles. The number of benzene rings is 1. The van der Waals surface area contributed by atoms with Crippen LogP contribution in [-0.2, 0) is 16.1 Å². The normalized spacial score (nSPS) is 18.2. The smallest absolute Gasteiger partial charge is 0.346 e. The van der Waals surface area contributed by atoms with Gasteiger partial charge in [-0.2, -0.15) is 0 Å². The molecular formula is C24H27N5O3S. The van der Waals surface area contributed by atoms with E-state index in [1.165, 1.54) is 10.2 Å². The molecule has 2 aromatic heterocycles. The minimum absolute atomic E-state index is 0.0432. The largest absolute Gasteiger partial charge is 0.354 e. The van der Waals surface area contributed by atoms with E-state index in [0.717, 1.165) is 29.0 Å². The van der Waals surface area contributed by atoms with Gasteiger partial charge in [0.25, 0.3) is 0 Å². The number of nitrogens with zero attached hydrogens (tertiary/aromatic N) is 4. The highest BCUT2D eigenvalue weighted by Gasteiger charge is 2.35. The molecule has 8 nitrogen and oxygen atoms in total. The summed E-state index contributed by atoms with van der Waals surface area (Å²) in [5, 5.41) is 9.42. The highest BCUT2D eigenvalue weighted by molar-refractivity contribution is 7.13. The first-order chi connectivity index (χ1) is 15.9. The lowest BCUT2D eigenvalue weighted by atomic mass is 10.1. The van der Waals surface area contributed by atoms with Crippen molar-refractivity contribution in [3.05, 3.63) is 57.3 Å². The molecule has 1 aliphatic heterocycles. The Morgan fingerprint density at radius 1 is 1.18 bits per heavy atom. The van der Waals surface area contributed by atoms with E-state index in [2.05, 4.69) is 10.4 Å². The lowest BCUT2D eigenvalue weighted by Gasteiger charge is -2.18. The van der Waals surface area contributed by atoms with Crippen LogP contribution in [-0.4, -0.2) is 39.3 Å². The summed E-state index contributed by atoms with van der Waals surface area (Å²) in [6, 6.07) is 10.0. The molecule has 0 radical (unpaired) electrons. The first-order valence-electron chi connectivity index (χ1n) is 11.3. The summed E-state index contributed by atoms with van der Waals surface area (Å²) in [4.78, 5) is 40.8. The van der Waals surface area contributed by atoms with Crippen LogP contribution in [0, 0.1) is 19.8 Å². The van der Waals surface area contributed by atoms with Gasteiger partial charge in [-0.05, 0) is 61.4 Å². The van der Waals surface area contributed by atoms with Crippen molar-refractivity contribution in [2.24, 2.45) is 5.92 Å². The van der Waals surface area contributed by atoms with Crippen LogP contribution in [0.25, 0.3) is 10.7 Å². The molecule has 3 aromatic rings. The van der Waals surface area contributed by atoms with E-state index in [1.807, 2.05) is 49.6 Å². The maximum atomic E-state index is 12.9. The van der Waals surface area contributed by atoms with Gasteiger partial charge in [0.1, 0.15) is 0 Å². The number of amides is 2. The van der Waals surface area contributed by atoms with Crippen LogP contribution >= 0.6 is 11.3 Å². The van der Waals surface area contributed by atoms with Crippen molar-refractivity contribution in [3.63, 3.8) is 0 Å². The summed E-state index contributed by atoms with van der Waals surface area (Å²) >= 11 is 1.56. The molecule has 5 rings (SSSR count). The van der Waals surface area contributed by atoms with Crippen molar-refractivity contribution in [2.75, 3.05) is 18.0 Å². The number of nitrogens with one attached hydrogen (secondary N) is 1. The predicted molar refractivity (Wildman–Crippen MR) is 127 cm³/mol. The van der Waals surface area contributed by atoms with Crippen LogP contribution in [0.1, 0.15) is 36.4 Å². The average Bonchev–Trinajstić information content (AvgIpc) is 3.19. The van der Waals surface area contributed by atoms with E-state index >= 15 is 0 Å². The molecule has 2 amide bonds. The second-order valence-electron chi connectivity index (χ2n) is 8.87. The fourth-order valence-corrected chi connectivity index (χ4v) is 4.96. The monoisotopic (exact) mass is 465 g/mol. The number of aryl methyl sites for hydroxylation is 2. The number of aromatic nitrogens is 3. The number of hydrogen-bond donors (Lipinski definition) is 1. The van der Waals surface area contributed by atoms with Gasteiger partial charge in [-0.15, -0.1) is 16.4 Å². The zero-order chi connectivity index (χ0) is 23.1.